The van der Waals surface area contributed by atoms with Gasteiger partial charge in [0.05, 0.1) is 5.75 Å². The molecule has 0 heterocycles. The first kappa shape index (κ1) is 13.3. The molecule has 0 saturated carbocycles. The van der Waals surface area contributed by atoms with Crippen molar-refractivity contribution in [1.29, 1.82) is 0 Å². The fourth-order valence-corrected chi connectivity index (χ4v) is 2.18. The molecule has 0 spiro atoms. The Labute approximate surface area is 83.5 Å². The second-order valence-corrected chi connectivity index (χ2v) is 4.94. The highest BCUT2D eigenvalue weighted by molar-refractivity contribution is 7.89. The van der Waals surface area contributed by atoms with Gasteiger partial charge in [0.15, 0.2) is 0 Å². The number of aliphatic carboxylic acids is 1. The van der Waals surface area contributed by atoms with Crippen molar-refractivity contribution in [3.63, 3.8) is 0 Å². The van der Waals surface area contributed by atoms with Crippen LogP contribution in [0.25, 0.3) is 0 Å². The molecule has 84 valence electrons. The third kappa shape index (κ3) is 6.81. The topological polar surface area (TPSA) is 109 Å². The Morgan fingerprint density at radius 1 is 1.57 bits per heavy atom. The lowest BCUT2D eigenvalue weighted by Gasteiger charge is -2.11. The zero-order valence-electron chi connectivity index (χ0n) is 8.06. The highest BCUT2D eigenvalue weighted by atomic mass is 32.2. The van der Waals surface area contributed by atoms with E-state index >= 15 is 0 Å². The first-order valence-electron chi connectivity index (χ1n) is 4.29. The minimum absolute atomic E-state index is 0.113. The van der Waals surface area contributed by atoms with Gasteiger partial charge in [-0.05, 0) is 13.3 Å². The monoisotopic (exact) mass is 224 g/mol. The number of hydrogen-bond donors (Lipinski definition) is 3. The van der Waals surface area contributed by atoms with E-state index in [2.05, 4.69) is 4.72 Å². The fourth-order valence-electron chi connectivity index (χ4n) is 0.827. The molecule has 0 aliphatic rings. The normalized spacial score (nSPS) is 13.9. The maximum Gasteiger partial charge on any atom is 0.303 e. The zero-order valence-corrected chi connectivity index (χ0v) is 8.88. The number of carboxylic acids is 1. The van der Waals surface area contributed by atoms with Gasteiger partial charge in [-0.3, -0.25) is 4.79 Å². The highest BCUT2D eigenvalue weighted by Crippen LogP contribution is 1.95. The van der Waals surface area contributed by atoms with Crippen molar-refractivity contribution >= 4 is 16.0 Å². The Hall–Kier alpha value is -0.660. The summed E-state index contributed by atoms with van der Waals surface area (Å²) >= 11 is 0. The molecule has 0 bridgehead atoms. The average Bonchev–Trinajstić information content (AvgIpc) is 2.02. The van der Waals surface area contributed by atoms with E-state index in [9.17, 15) is 13.2 Å². The first-order valence-corrected chi connectivity index (χ1v) is 5.94. The lowest BCUT2D eigenvalue weighted by Crippen LogP contribution is -2.39. The van der Waals surface area contributed by atoms with Gasteiger partial charge in [-0.25, -0.2) is 13.1 Å². The summed E-state index contributed by atoms with van der Waals surface area (Å²) in [6.45, 7) is 1.87. The number of hydrogen-bond acceptors (Lipinski definition) is 4. The van der Waals surface area contributed by atoms with Gasteiger partial charge in [0.2, 0.25) is 10.0 Å². The van der Waals surface area contributed by atoms with Gasteiger partial charge in [0, 0.05) is 19.0 Å². The van der Waals surface area contributed by atoms with E-state index in [-0.39, 0.29) is 31.2 Å². The molecule has 0 aromatic carbocycles. The Morgan fingerprint density at radius 2 is 2.14 bits per heavy atom. The van der Waals surface area contributed by atoms with E-state index in [0.29, 0.717) is 0 Å². The minimum atomic E-state index is -3.38. The van der Waals surface area contributed by atoms with Crippen LogP contribution < -0.4 is 10.5 Å². The smallest absolute Gasteiger partial charge is 0.303 e. The maximum absolute atomic E-state index is 11.2. The Bertz CT molecular complexity index is 275. The van der Waals surface area contributed by atoms with Gasteiger partial charge >= 0.3 is 5.97 Å². The molecule has 1 unspecified atom stereocenters. The van der Waals surface area contributed by atoms with Gasteiger partial charge in [-0.1, -0.05) is 0 Å². The van der Waals surface area contributed by atoms with Crippen LogP contribution in [0, 0.1) is 0 Å². The fraction of sp³-hybridized carbons (Fsp3) is 0.857. The van der Waals surface area contributed by atoms with Crippen LogP contribution in [0.2, 0.25) is 0 Å². The standard InChI is InChI=1S/C7H16N2O4S/c1-6(5-8)9-14(12,13)4-2-3-7(10)11/h6,9H,2-5,8H2,1H3,(H,10,11). The SMILES string of the molecule is CC(CN)NS(=O)(=O)CCCC(=O)O. The van der Waals surface area contributed by atoms with E-state index in [1.807, 2.05) is 0 Å². The maximum atomic E-state index is 11.2. The van der Waals surface area contributed by atoms with Crippen molar-refractivity contribution in [2.24, 2.45) is 5.73 Å². The summed E-state index contributed by atoms with van der Waals surface area (Å²) in [5.74, 6) is -1.17. The molecule has 0 aliphatic carbocycles. The molecule has 0 amide bonds. The molecule has 7 heteroatoms. The van der Waals surface area contributed by atoms with Gasteiger partial charge < -0.3 is 10.8 Å². The lowest BCUT2D eigenvalue weighted by atomic mass is 10.3. The van der Waals surface area contributed by atoms with E-state index in [1.165, 1.54) is 0 Å². The van der Waals surface area contributed by atoms with E-state index in [0.717, 1.165) is 0 Å². The van der Waals surface area contributed by atoms with Crippen LogP contribution in [0.4, 0.5) is 0 Å². The molecule has 14 heavy (non-hydrogen) atoms. The first-order chi connectivity index (χ1) is 6.37. The molecule has 0 aromatic rings. The molecule has 0 saturated heterocycles. The van der Waals surface area contributed by atoms with Crippen molar-refractivity contribution in [2.45, 2.75) is 25.8 Å². The van der Waals surface area contributed by atoms with E-state index in [1.54, 1.807) is 6.92 Å². The van der Waals surface area contributed by atoms with Crippen molar-refractivity contribution in [3.05, 3.63) is 0 Å². The number of nitrogens with two attached hydrogens (primary N) is 1. The van der Waals surface area contributed by atoms with Crippen LogP contribution >= 0.6 is 0 Å². The Balaban J connectivity index is 3.90. The molecule has 6 nitrogen and oxygen atoms in total. The Morgan fingerprint density at radius 3 is 2.57 bits per heavy atom. The quantitative estimate of drug-likeness (QED) is 0.520. The Kier molecular flexibility index (Phi) is 5.66. The zero-order chi connectivity index (χ0) is 11.2. The second-order valence-electron chi connectivity index (χ2n) is 3.07. The summed E-state index contributed by atoms with van der Waals surface area (Å²) in [4.78, 5) is 10.1. The van der Waals surface area contributed by atoms with Crippen LogP contribution in [0.15, 0.2) is 0 Å². The summed E-state index contributed by atoms with van der Waals surface area (Å²) in [6, 6.07) is -0.315. The predicted molar refractivity (Wildman–Crippen MR) is 52.3 cm³/mol. The molecular formula is C7H16N2O4S. The molecule has 1 atom stereocenters. The van der Waals surface area contributed by atoms with E-state index < -0.39 is 16.0 Å². The predicted octanol–water partition coefficient (Wildman–Crippen LogP) is -0.882. The number of rotatable bonds is 7. The average molecular weight is 224 g/mol. The molecular weight excluding hydrogens is 208 g/mol. The van der Waals surface area contributed by atoms with Crippen molar-refractivity contribution in [2.75, 3.05) is 12.3 Å². The summed E-state index contributed by atoms with van der Waals surface area (Å²) in [5, 5.41) is 8.30. The largest absolute Gasteiger partial charge is 0.481 e. The molecule has 4 N–H and O–H groups in total. The number of carboxylic acid groups (broad SMARTS) is 1. The van der Waals surface area contributed by atoms with Crippen molar-refractivity contribution in [1.82, 2.24) is 4.72 Å². The molecule has 0 aliphatic heterocycles. The van der Waals surface area contributed by atoms with Gasteiger partial charge in [0.1, 0.15) is 0 Å². The lowest BCUT2D eigenvalue weighted by molar-refractivity contribution is -0.137. The molecule has 0 aromatic heterocycles. The molecule has 0 fully saturated rings. The number of sulfonamides is 1. The van der Waals surface area contributed by atoms with Crippen molar-refractivity contribution < 1.29 is 18.3 Å². The van der Waals surface area contributed by atoms with Crippen LogP contribution in [0.1, 0.15) is 19.8 Å². The summed E-state index contributed by atoms with van der Waals surface area (Å²) in [5.41, 5.74) is 5.24. The third-order valence-corrected chi connectivity index (χ3v) is 3.13. The summed E-state index contributed by atoms with van der Waals surface area (Å²) in [6.07, 6.45) is -0.0279. The van der Waals surface area contributed by atoms with Crippen LogP contribution in [-0.2, 0) is 14.8 Å². The summed E-state index contributed by atoms with van der Waals surface area (Å²) in [7, 11) is -3.38. The molecule has 0 radical (unpaired) electrons. The number of carbonyl (C=O) groups is 1. The number of nitrogens with one attached hydrogen (secondary N) is 1. The van der Waals surface area contributed by atoms with E-state index in [4.69, 9.17) is 10.8 Å². The third-order valence-electron chi connectivity index (χ3n) is 1.54. The summed E-state index contributed by atoms with van der Waals surface area (Å²) < 4.78 is 24.8. The van der Waals surface area contributed by atoms with Gasteiger partial charge in [0.25, 0.3) is 0 Å². The van der Waals surface area contributed by atoms with Crippen LogP contribution in [0.3, 0.4) is 0 Å². The second kappa shape index (κ2) is 5.94. The van der Waals surface area contributed by atoms with Crippen molar-refractivity contribution in [3.8, 4) is 0 Å². The highest BCUT2D eigenvalue weighted by Gasteiger charge is 2.13. The molecule has 0 rings (SSSR count). The van der Waals surface area contributed by atoms with Crippen LogP contribution in [-0.4, -0.2) is 37.8 Å². The van der Waals surface area contributed by atoms with Gasteiger partial charge in [-0.15, -0.1) is 0 Å². The minimum Gasteiger partial charge on any atom is -0.481 e. The van der Waals surface area contributed by atoms with Crippen LogP contribution in [0.5, 0.6) is 0 Å². The van der Waals surface area contributed by atoms with Gasteiger partial charge in [-0.2, -0.15) is 0 Å².